The summed E-state index contributed by atoms with van der Waals surface area (Å²) >= 11 is 3.56. The molecule has 0 fully saturated rings. The minimum absolute atomic E-state index is 0.262. The van der Waals surface area contributed by atoms with Gasteiger partial charge in [-0.05, 0) is 32.8 Å². The monoisotopic (exact) mass is 345 g/mol. The Kier molecular flexibility index (Phi) is 3.62. The first-order valence-electron chi connectivity index (χ1n) is 6.20. The van der Waals surface area contributed by atoms with Crippen LogP contribution in [-0.2, 0) is 0 Å². The van der Waals surface area contributed by atoms with Gasteiger partial charge >= 0.3 is 0 Å². The summed E-state index contributed by atoms with van der Waals surface area (Å²) in [6.45, 7) is 0. The van der Waals surface area contributed by atoms with Crippen LogP contribution in [0.5, 0.6) is 17.5 Å². The van der Waals surface area contributed by atoms with E-state index in [9.17, 15) is 0 Å². The highest BCUT2D eigenvalue weighted by atomic mass is 79.9. The van der Waals surface area contributed by atoms with Crippen LogP contribution in [0.15, 0.2) is 47.2 Å². The van der Waals surface area contributed by atoms with E-state index in [1.165, 1.54) is 13.4 Å². The lowest BCUT2D eigenvalue weighted by atomic mass is 10.1. The van der Waals surface area contributed by atoms with E-state index in [-0.39, 0.29) is 17.4 Å². The highest BCUT2D eigenvalue weighted by Crippen LogP contribution is 2.37. The summed E-state index contributed by atoms with van der Waals surface area (Å²) in [5, 5.41) is 2.17. The Morgan fingerprint density at radius 3 is 2.62 bits per heavy atom. The van der Waals surface area contributed by atoms with Crippen LogP contribution >= 0.6 is 15.9 Å². The molecule has 0 radical (unpaired) electrons. The number of halogens is 1. The topological polar surface area (TPSA) is 70.3 Å². The molecule has 21 heavy (non-hydrogen) atoms. The number of nitrogen functional groups attached to an aromatic ring is 1. The zero-order valence-electron chi connectivity index (χ0n) is 11.2. The Morgan fingerprint density at radius 2 is 1.81 bits per heavy atom. The van der Waals surface area contributed by atoms with Gasteiger partial charge in [-0.15, -0.1) is 0 Å². The van der Waals surface area contributed by atoms with Crippen molar-refractivity contribution in [2.75, 3.05) is 12.8 Å². The molecule has 5 nitrogen and oxygen atoms in total. The van der Waals surface area contributed by atoms with Crippen molar-refractivity contribution in [3.63, 3.8) is 0 Å². The molecule has 0 saturated carbocycles. The number of hydrogen-bond donors (Lipinski definition) is 1. The van der Waals surface area contributed by atoms with Crippen molar-refractivity contribution in [1.82, 2.24) is 9.97 Å². The largest absolute Gasteiger partial charge is 0.479 e. The average molecular weight is 346 g/mol. The summed E-state index contributed by atoms with van der Waals surface area (Å²) in [6, 6.07) is 11.8. The van der Waals surface area contributed by atoms with Gasteiger partial charge in [-0.25, -0.2) is 0 Å². The molecule has 0 aliphatic heterocycles. The Balaban J connectivity index is 2.04. The average Bonchev–Trinajstić information content (AvgIpc) is 2.52. The first kappa shape index (κ1) is 13.6. The highest BCUT2D eigenvalue weighted by molar-refractivity contribution is 9.10. The molecule has 0 unspecified atom stereocenters. The molecule has 1 aromatic heterocycles. The third-order valence-electron chi connectivity index (χ3n) is 3.04. The van der Waals surface area contributed by atoms with Gasteiger partial charge in [-0.1, -0.05) is 30.3 Å². The number of rotatable bonds is 3. The zero-order valence-corrected chi connectivity index (χ0v) is 12.8. The number of nitrogens with zero attached hydrogens (tertiary/aromatic N) is 2. The number of ether oxygens (including phenoxy) is 2. The molecule has 0 spiro atoms. The minimum atomic E-state index is 0.262. The van der Waals surface area contributed by atoms with Crippen LogP contribution in [0.25, 0.3) is 10.8 Å². The van der Waals surface area contributed by atoms with Crippen molar-refractivity contribution >= 4 is 32.4 Å². The molecular formula is C15H12BrN3O2. The Bertz CT molecular complexity index is 808. The van der Waals surface area contributed by atoms with Gasteiger partial charge in [0.05, 0.1) is 11.6 Å². The summed E-state index contributed by atoms with van der Waals surface area (Å²) in [7, 11) is 1.49. The van der Waals surface area contributed by atoms with E-state index in [4.69, 9.17) is 15.2 Å². The lowest BCUT2D eigenvalue weighted by Crippen LogP contribution is -2.00. The first-order valence-corrected chi connectivity index (χ1v) is 6.99. The van der Waals surface area contributed by atoms with Crippen LogP contribution in [0, 0.1) is 0 Å². The molecule has 0 atom stereocenters. The maximum absolute atomic E-state index is 5.91. The Morgan fingerprint density at radius 1 is 1.05 bits per heavy atom. The number of methoxy groups -OCH3 is 1. The van der Waals surface area contributed by atoms with Crippen LogP contribution < -0.4 is 15.2 Å². The molecule has 3 rings (SSSR count). The third-order valence-corrected chi connectivity index (χ3v) is 3.86. The maximum Gasteiger partial charge on any atom is 0.249 e. The van der Waals surface area contributed by atoms with E-state index >= 15 is 0 Å². The van der Waals surface area contributed by atoms with Crippen molar-refractivity contribution in [1.29, 1.82) is 0 Å². The fourth-order valence-electron chi connectivity index (χ4n) is 2.00. The number of fused-ring (bicyclic) bond motifs is 1. The van der Waals surface area contributed by atoms with Crippen molar-refractivity contribution in [2.45, 2.75) is 0 Å². The zero-order chi connectivity index (χ0) is 14.8. The second kappa shape index (κ2) is 5.57. The molecular weight excluding hydrogens is 334 g/mol. The Labute approximate surface area is 129 Å². The van der Waals surface area contributed by atoms with Gasteiger partial charge in [0, 0.05) is 0 Å². The van der Waals surface area contributed by atoms with Crippen LogP contribution in [0.4, 0.5) is 5.69 Å². The summed E-state index contributed by atoms with van der Waals surface area (Å²) in [6.07, 6.45) is 1.35. The number of benzene rings is 2. The first-order chi connectivity index (χ1) is 10.2. The SMILES string of the molecule is COc1ncnc(Oc2ccc3ccccc3c2Br)c1N. The molecule has 0 saturated heterocycles. The number of anilines is 1. The lowest BCUT2D eigenvalue weighted by Gasteiger charge is -2.11. The lowest BCUT2D eigenvalue weighted by molar-refractivity contribution is 0.391. The van der Waals surface area contributed by atoms with E-state index in [1.54, 1.807) is 0 Å². The van der Waals surface area contributed by atoms with Crippen molar-refractivity contribution < 1.29 is 9.47 Å². The predicted molar refractivity (Wildman–Crippen MR) is 84.7 cm³/mol. The smallest absolute Gasteiger partial charge is 0.249 e. The molecule has 0 aliphatic carbocycles. The summed E-state index contributed by atoms with van der Waals surface area (Å²) in [4.78, 5) is 7.97. The fourth-order valence-corrected chi connectivity index (χ4v) is 2.58. The molecule has 0 bridgehead atoms. The van der Waals surface area contributed by atoms with Crippen molar-refractivity contribution in [3.8, 4) is 17.5 Å². The van der Waals surface area contributed by atoms with E-state index in [2.05, 4.69) is 25.9 Å². The van der Waals surface area contributed by atoms with Gasteiger partial charge in [0.15, 0.2) is 5.69 Å². The van der Waals surface area contributed by atoms with Crippen molar-refractivity contribution in [3.05, 3.63) is 47.2 Å². The maximum atomic E-state index is 5.91. The van der Waals surface area contributed by atoms with Gasteiger partial charge in [0.25, 0.3) is 0 Å². The summed E-state index contributed by atoms with van der Waals surface area (Å²) < 4.78 is 11.7. The van der Waals surface area contributed by atoms with Gasteiger partial charge in [0.2, 0.25) is 11.8 Å². The molecule has 0 amide bonds. The second-order valence-electron chi connectivity index (χ2n) is 4.30. The van der Waals surface area contributed by atoms with Crippen molar-refractivity contribution in [2.24, 2.45) is 0 Å². The molecule has 2 aromatic carbocycles. The summed E-state index contributed by atoms with van der Waals surface area (Å²) in [5.41, 5.74) is 6.18. The van der Waals surface area contributed by atoms with E-state index in [0.717, 1.165) is 15.2 Å². The molecule has 1 heterocycles. The quantitative estimate of drug-likeness (QED) is 0.782. The van der Waals surface area contributed by atoms with Crippen LogP contribution in [0.1, 0.15) is 0 Å². The minimum Gasteiger partial charge on any atom is -0.479 e. The second-order valence-corrected chi connectivity index (χ2v) is 5.10. The van der Waals surface area contributed by atoms with Gasteiger partial charge < -0.3 is 15.2 Å². The molecule has 0 aliphatic rings. The predicted octanol–water partition coefficient (Wildman–Crippen LogP) is 3.78. The Hall–Kier alpha value is -2.34. The van der Waals surface area contributed by atoms with Gasteiger partial charge in [-0.3, -0.25) is 0 Å². The highest BCUT2D eigenvalue weighted by Gasteiger charge is 2.13. The molecule has 6 heteroatoms. The van der Waals surface area contributed by atoms with Gasteiger partial charge in [-0.2, -0.15) is 9.97 Å². The van der Waals surface area contributed by atoms with Crippen LogP contribution in [0.2, 0.25) is 0 Å². The van der Waals surface area contributed by atoms with E-state index in [1.807, 2.05) is 36.4 Å². The molecule has 3 aromatic rings. The number of aromatic nitrogens is 2. The summed E-state index contributed by atoms with van der Waals surface area (Å²) in [5.74, 6) is 1.18. The van der Waals surface area contributed by atoms with E-state index < -0.39 is 0 Å². The molecule has 106 valence electrons. The fraction of sp³-hybridized carbons (Fsp3) is 0.0667. The van der Waals surface area contributed by atoms with E-state index in [0.29, 0.717) is 5.75 Å². The number of nitrogens with two attached hydrogens (primary N) is 1. The van der Waals surface area contributed by atoms with Crippen LogP contribution in [-0.4, -0.2) is 17.1 Å². The van der Waals surface area contributed by atoms with Crippen LogP contribution in [0.3, 0.4) is 0 Å². The normalized spacial score (nSPS) is 10.6. The van der Waals surface area contributed by atoms with Gasteiger partial charge in [0.1, 0.15) is 12.1 Å². The third kappa shape index (κ3) is 2.50. The number of hydrogen-bond acceptors (Lipinski definition) is 5. The molecule has 2 N–H and O–H groups in total. The standard InChI is InChI=1S/C15H12BrN3O2/c1-20-14-13(17)15(19-8-18-14)21-11-7-6-9-4-2-3-5-10(9)12(11)16/h2-8H,17H2,1H3.